The maximum atomic E-state index is 8.85. The molecule has 0 aliphatic carbocycles. The van der Waals surface area contributed by atoms with Crippen LogP contribution >= 0.6 is 0 Å². The Morgan fingerprint density at radius 1 is 1.64 bits per heavy atom. The van der Waals surface area contributed by atoms with E-state index in [9.17, 15) is 0 Å². The van der Waals surface area contributed by atoms with Crippen LogP contribution in [0.5, 0.6) is 0 Å². The highest BCUT2D eigenvalue weighted by Gasteiger charge is 2.22. The summed E-state index contributed by atoms with van der Waals surface area (Å²) in [5.74, 6) is -0.0987. The monoisotopic (exact) mass is 190 g/mol. The van der Waals surface area contributed by atoms with Gasteiger partial charge in [-0.05, 0) is 20.4 Å². The van der Waals surface area contributed by atoms with Crippen molar-refractivity contribution in [2.45, 2.75) is 25.8 Å². The topological polar surface area (TPSA) is 55.7 Å². The summed E-state index contributed by atoms with van der Waals surface area (Å²) >= 11 is 0. The number of nitriles is 1. The maximum Gasteiger partial charge on any atom is 0.0878 e. The van der Waals surface area contributed by atoms with E-state index in [1.807, 2.05) is 6.92 Å². The van der Waals surface area contributed by atoms with Gasteiger partial charge in [0, 0.05) is 18.7 Å². The summed E-state index contributed by atoms with van der Waals surface area (Å²) in [6.45, 7) is 3.87. The number of nitrogens with one attached hydrogen (secondary N) is 1. The van der Waals surface area contributed by atoms with Gasteiger partial charge < -0.3 is 4.90 Å². The van der Waals surface area contributed by atoms with Crippen molar-refractivity contribution < 1.29 is 0 Å². The van der Waals surface area contributed by atoms with E-state index in [4.69, 9.17) is 5.26 Å². The molecule has 0 amide bonds. The van der Waals surface area contributed by atoms with Crippen LogP contribution in [0.3, 0.4) is 0 Å². The van der Waals surface area contributed by atoms with Crippen molar-refractivity contribution in [3.63, 3.8) is 0 Å². The lowest BCUT2D eigenvalue weighted by Crippen LogP contribution is -2.26. The van der Waals surface area contributed by atoms with E-state index < -0.39 is 0 Å². The van der Waals surface area contributed by atoms with Crippen molar-refractivity contribution in [1.29, 1.82) is 5.26 Å². The van der Waals surface area contributed by atoms with Crippen LogP contribution in [0.2, 0.25) is 0 Å². The standard InChI is InChI=1S/C10H14N4/c1-7(5-11)10-8-3-4-14(2)6-9(8)12-13-10/h7H,3-4,6H2,1-2H3,(H,12,13). The van der Waals surface area contributed by atoms with Gasteiger partial charge in [0.2, 0.25) is 0 Å². The molecule has 1 atom stereocenters. The molecule has 2 heterocycles. The predicted octanol–water partition coefficient (Wildman–Crippen LogP) is 1.02. The maximum absolute atomic E-state index is 8.85. The van der Waals surface area contributed by atoms with Crippen molar-refractivity contribution in [3.8, 4) is 6.07 Å². The first-order chi connectivity index (χ1) is 6.72. The Hall–Kier alpha value is -1.34. The van der Waals surface area contributed by atoms with Gasteiger partial charge in [-0.2, -0.15) is 10.4 Å². The van der Waals surface area contributed by atoms with E-state index in [1.165, 1.54) is 11.3 Å². The van der Waals surface area contributed by atoms with Crippen LogP contribution in [0.1, 0.15) is 29.8 Å². The normalized spacial score (nSPS) is 18.6. The van der Waals surface area contributed by atoms with Crippen LogP contribution < -0.4 is 0 Å². The molecule has 4 nitrogen and oxygen atoms in total. The summed E-state index contributed by atoms with van der Waals surface area (Å²) in [5.41, 5.74) is 3.38. The number of aromatic nitrogens is 2. The fourth-order valence-electron chi connectivity index (χ4n) is 1.90. The fraction of sp³-hybridized carbons (Fsp3) is 0.600. The Morgan fingerprint density at radius 2 is 2.43 bits per heavy atom. The molecule has 1 N–H and O–H groups in total. The molecule has 1 aromatic rings. The molecule has 4 heteroatoms. The van der Waals surface area contributed by atoms with E-state index in [0.29, 0.717) is 0 Å². The van der Waals surface area contributed by atoms with Gasteiger partial charge in [0.25, 0.3) is 0 Å². The number of aromatic amines is 1. The highest BCUT2D eigenvalue weighted by atomic mass is 15.2. The van der Waals surface area contributed by atoms with Crippen molar-refractivity contribution in [2.24, 2.45) is 0 Å². The van der Waals surface area contributed by atoms with Gasteiger partial charge in [-0.3, -0.25) is 5.10 Å². The Morgan fingerprint density at radius 3 is 3.14 bits per heavy atom. The molecule has 0 saturated heterocycles. The molecule has 74 valence electrons. The second-order valence-electron chi connectivity index (χ2n) is 3.90. The molecule has 14 heavy (non-hydrogen) atoms. The molecular weight excluding hydrogens is 176 g/mol. The van der Waals surface area contributed by atoms with Crippen molar-refractivity contribution in [3.05, 3.63) is 17.0 Å². The first-order valence-corrected chi connectivity index (χ1v) is 4.86. The zero-order valence-electron chi connectivity index (χ0n) is 8.54. The Labute approximate surface area is 83.5 Å². The smallest absolute Gasteiger partial charge is 0.0878 e. The van der Waals surface area contributed by atoms with Crippen molar-refractivity contribution in [1.82, 2.24) is 15.1 Å². The van der Waals surface area contributed by atoms with Crippen LogP contribution in [-0.2, 0) is 13.0 Å². The average molecular weight is 190 g/mol. The number of fused-ring (bicyclic) bond motifs is 1. The average Bonchev–Trinajstić information content (AvgIpc) is 2.59. The van der Waals surface area contributed by atoms with Crippen LogP contribution in [0.25, 0.3) is 0 Å². The van der Waals surface area contributed by atoms with E-state index in [1.54, 1.807) is 0 Å². The molecule has 0 radical (unpaired) electrons. The molecule has 1 aliphatic rings. The number of nitrogens with zero attached hydrogens (tertiary/aromatic N) is 3. The molecule has 2 rings (SSSR count). The van der Waals surface area contributed by atoms with Gasteiger partial charge in [0.15, 0.2) is 0 Å². The molecule has 0 bridgehead atoms. The van der Waals surface area contributed by atoms with Crippen LogP contribution in [0, 0.1) is 11.3 Å². The third-order valence-electron chi connectivity index (χ3n) is 2.76. The first-order valence-electron chi connectivity index (χ1n) is 4.86. The third kappa shape index (κ3) is 1.40. The van der Waals surface area contributed by atoms with E-state index in [-0.39, 0.29) is 5.92 Å². The molecule has 0 spiro atoms. The van der Waals surface area contributed by atoms with Gasteiger partial charge in [-0.15, -0.1) is 0 Å². The molecule has 0 aromatic carbocycles. The van der Waals surface area contributed by atoms with Gasteiger partial charge in [0.05, 0.1) is 23.4 Å². The number of rotatable bonds is 1. The molecule has 1 aromatic heterocycles. The minimum absolute atomic E-state index is 0.0987. The van der Waals surface area contributed by atoms with Crippen LogP contribution in [0.15, 0.2) is 0 Å². The van der Waals surface area contributed by atoms with Crippen molar-refractivity contribution >= 4 is 0 Å². The van der Waals surface area contributed by atoms with E-state index in [2.05, 4.69) is 28.2 Å². The lowest BCUT2D eigenvalue weighted by molar-refractivity contribution is 0.308. The summed E-state index contributed by atoms with van der Waals surface area (Å²) in [6, 6.07) is 2.23. The van der Waals surface area contributed by atoms with Crippen LogP contribution in [0.4, 0.5) is 0 Å². The minimum atomic E-state index is -0.0987. The van der Waals surface area contributed by atoms with Gasteiger partial charge >= 0.3 is 0 Å². The SMILES string of the molecule is CC(C#N)c1n[nH]c2c1CCN(C)C2. The Kier molecular flexibility index (Phi) is 2.26. The number of hydrogen-bond donors (Lipinski definition) is 1. The predicted molar refractivity (Wildman–Crippen MR) is 52.7 cm³/mol. The number of likely N-dealkylation sites (N-methyl/N-ethyl adjacent to an activating group) is 1. The van der Waals surface area contributed by atoms with E-state index >= 15 is 0 Å². The first kappa shape index (κ1) is 9.22. The van der Waals surface area contributed by atoms with Crippen LogP contribution in [-0.4, -0.2) is 28.7 Å². The zero-order valence-corrected chi connectivity index (χ0v) is 8.54. The highest BCUT2D eigenvalue weighted by molar-refractivity contribution is 5.32. The Balaban J connectivity index is 2.34. The van der Waals surface area contributed by atoms with Crippen molar-refractivity contribution in [2.75, 3.05) is 13.6 Å². The summed E-state index contributed by atoms with van der Waals surface area (Å²) < 4.78 is 0. The minimum Gasteiger partial charge on any atom is -0.300 e. The molecule has 0 fully saturated rings. The quantitative estimate of drug-likeness (QED) is 0.719. The summed E-state index contributed by atoms with van der Waals surface area (Å²) in [4.78, 5) is 2.25. The molecule has 1 unspecified atom stereocenters. The summed E-state index contributed by atoms with van der Waals surface area (Å²) in [5, 5.41) is 16.1. The fourth-order valence-corrected chi connectivity index (χ4v) is 1.90. The number of H-pyrrole nitrogens is 1. The van der Waals surface area contributed by atoms with Gasteiger partial charge in [-0.25, -0.2) is 0 Å². The van der Waals surface area contributed by atoms with Gasteiger partial charge in [-0.1, -0.05) is 0 Å². The Bertz CT molecular complexity index is 374. The number of hydrogen-bond acceptors (Lipinski definition) is 3. The molecular formula is C10H14N4. The van der Waals surface area contributed by atoms with E-state index in [0.717, 1.165) is 25.2 Å². The second kappa shape index (κ2) is 3.43. The second-order valence-corrected chi connectivity index (χ2v) is 3.90. The zero-order chi connectivity index (χ0) is 10.1. The largest absolute Gasteiger partial charge is 0.300 e. The van der Waals surface area contributed by atoms with Gasteiger partial charge in [0.1, 0.15) is 0 Å². The highest BCUT2D eigenvalue weighted by Crippen LogP contribution is 2.24. The lowest BCUT2D eigenvalue weighted by Gasteiger charge is -2.22. The molecule has 0 saturated carbocycles. The summed E-state index contributed by atoms with van der Waals surface area (Å²) in [6.07, 6.45) is 1.00. The lowest BCUT2D eigenvalue weighted by atomic mass is 9.98. The third-order valence-corrected chi connectivity index (χ3v) is 2.76. The molecule has 1 aliphatic heterocycles. The summed E-state index contributed by atoms with van der Waals surface area (Å²) in [7, 11) is 2.09.